The van der Waals surface area contributed by atoms with Gasteiger partial charge in [0.2, 0.25) is 5.91 Å². The van der Waals surface area contributed by atoms with Gasteiger partial charge in [-0.15, -0.1) is 11.3 Å². The lowest BCUT2D eigenvalue weighted by molar-refractivity contribution is -0.117. The fraction of sp³-hybridized carbons (Fsp3) is 0.273. The number of thiazole rings is 1. The molecule has 2 heterocycles. The van der Waals surface area contributed by atoms with Crippen LogP contribution in [0.1, 0.15) is 12.6 Å². The SMILES string of the molecule is CC(C(N)=O)S(=O)(=O)Cc1csc(-c2ccsc2)n1. The first-order valence-corrected chi connectivity index (χ1v) is 8.92. The highest BCUT2D eigenvalue weighted by Gasteiger charge is 2.27. The number of nitrogens with zero attached hydrogens (tertiary/aromatic N) is 1. The second-order valence-electron chi connectivity index (χ2n) is 4.01. The summed E-state index contributed by atoms with van der Waals surface area (Å²) in [5.41, 5.74) is 6.44. The molecule has 0 bridgehead atoms. The van der Waals surface area contributed by atoms with Crippen LogP contribution in [0.2, 0.25) is 0 Å². The van der Waals surface area contributed by atoms with Crippen LogP contribution < -0.4 is 5.73 Å². The maximum Gasteiger partial charge on any atom is 0.235 e. The Morgan fingerprint density at radius 2 is 2.21 bits per heavy atom. The van der Waals surface area contributed by atoms with Crippen molar-refractivity contribution in [2.24, 2.45) is 5.73 Å². The van der Waals surface area contributed by atoms with E-state index in [9.17, 15) is 13.2 Å². The van der Waals surface area contributed by atoms with E-state index in [4.69, 9.17) is 5.73 Å². The molecule has 1 atom stereocenters. The number of carbonyl (C=O) groups excluding carboxylic acids is 1. The Morgan fingerprint density at radius 3 is 2.79 bits per heavy atom. The molecule has 8 heteroatoms. The van der Waals surface area contributed by atoms with E-state index in [2.05, 4.69) is 4.98 Å². The van der Waals surface area contributed by atoms with Crippen LogP contribution >= 0.6 is 22.7 Å². The third kappa shape index (κ3) is 3.20. The van der Waals surface area contributed by atoms with Crippen LogP contribution in [0.3, 0.4) is 0 Å². The van der Waals surface area contributed by atoms with Crippen molar-refractivity contribution in [1.82, 2.24) is 4.98 Å². The Hall–Kier alpha value is -1.25. The van der Waals surface area contributed by atoms with E-state index in [0.717, 1.165) is 10.6 Å². The molecule has 102 valence electrons. The standard InChI is InChI=1S/C11H12N2O3S3/c1-7(10(12)14)19(15,16)6-9-5-18-11(13-9)8-2-3-17-4-8/h2-5,7H,6H2,1H3,(H2,12,14). The maximum atomic E-state index is 11.9. The lowest BCUT2D eigenvalue weighted by Gasteiger charge is -2.07. The van der Waals surface area contributed by atoms with Crippen molar-refractivity contribution in [2.75, 3.05) is 0 Å². The third-order valence-electron chi connectivity index (χ3n) is 2.61. The minimum Gasteiger partial charge on any atom is -0.369 e. The first kappa shape index (κ1) is 14.2. The second kappa shape index (κ2) is 5.40. The zero-order chi connectivity index (χ0) is 14.0. The first-order chi connectivity index (χ1) is 8.90. The molecular weight excluding hydrogens is 304 g/mol. The highest BCUT2D eigenvalue weighted by atomic mass is 32.2. The molecular formula is C11H12N2O3S3. The molecule has 0 fully saturated rings. The van der Waals surface area contributed by atoms with Gasteiger partial charge in [-0.05, 0) is 18.4 Å². The zero-order valence-corrected chi connectivity index (χ0v) is 12.5. The molecule has 0 radical (unpaired) electrons. The van der Waals surface area contributed by atoms with Gasteiger partial charge < -0.3 is 5.73 Å². The van der Waals surface area contributed by atoms with Crippen LogP contribution in [0, 0.1) is 0 Å². The highest BCUT2D eigenvalue weighted by Crippen LogP contribution is 2.26. The van der Waals surface area contributed by atoms with Gasteiger partial charge in [0.1, 0.15) is 10.3 Å². The van der Waals surface area contributed by atoms with Gasteiger partial charge in [0.25, 0.3) is 0 Å². The van der Waals surface area contributed by atoms with Crippen LogP contribution in [0.5, 0.6) is 0 Å². The van der Waals surface area contributed by atoms with Gasteiger partial charge in [0.05, 0.1) is 11.4 Å². The lowest BCUT2D eigenvalue weighted by Crippen LogP contribution is -2.34. The van der Waals surface area contributed by atoms with Gasteiger partial charge in [0.15, 0.2) is 9.84 Å². The van der Waals surface area contributed by atoms with E-state index in [1.807, 2.05) is 16.8 Å². The summed E-state index contributed by atoms with van der Waals surface area (Å²) in [6.07, 6.45) is 0. The number of carbonyl (C=O) groups is 1. The molecule has 0 aliphatic carbocycles. The van der Waals surface area contributed by atoms with Crippen LogP contribution in [0.4, 0.5) is 0 Å². The van der Waals surface area contributed by atoms with Crippen molar-refractivity contribution in [3.05, 3.63) is 27.9 Å². The molecule has 0 aliphatic heterocycles. The lowest BCUT2D eigenvalue weighted by atomic mass is 10.4. The van der Waals surface area contributed by atoms with Crippen molar-refractivity contribution < 1.29 is 13.2 Å². The smallest absolute Gasteiger partial charge is 0.235 e. The number of aromatic nitrogens is 1. The maximum absolute atomic E-state index is 11.9. The first-order valence-electron chi connectivity index (χ1n) is 5.38. The average Bonchev–Trinajstić information content (AvgIpc) is 2.96. The van der Waals surface area contributed by atoms with Crippen molar-refractivity contribution in [1.29, 1.82) is 0 Å². The predicted molar refractivity (Wildman–Crippen MR) is 76.7 cm³/mol. The fourth-order valence-electron chi connectivity index (χ4n) is 1.40. The molecule has 2 N–H and O–H groups in total. The van der Waals surface area contributed by atoms with E-state index >= 15 is 0 Å². The van der Waals surface area contributed by atoms with E-state index in [1.54, 1.807) is 16.7 Å². The number of hydrogen-bond acceptors (Lipinski definition) is 6. The monoisotopic (exact) mass is 316 g/mol. The summed E-state index contributed by atoms with van der Waals surface area (Å²) < 4.78 is 23.8. The Bertz CT molecular complexity index is 674. The van der Waals surface area contributed by atoms with E-state index in [1.165, 1.54) is 18.3 Å². The molecule has 5 nitrogen and oxygen atoms in total. The Morgan fingerprint density at radius 1 is 1.47 bits per heavy atom. The summed E-state index contributed by atoms with van der Waals surface area (Å²) in [6.45, 7) is 1.30. The number of thiophene rings is 1. The van der Waals surface area contributed by atoms with Gasteiger partial charge in [0, 0.05) is 16.3 Å². The number of rotatable bonds is 5. The Labute approximate surface area is 119 Å². The number of primary amides is 1. The molecule has 1 amide bonds. The van der Waals surface area contributed by atoms with Gasteiger partial charge in [-0.3, -0.25) is 4.79 Å². The Kier molecular flexibility index (Phi) is 4.02. The summed E-state index contributed by atoms with van der Waals surface area (Å²) in [7, 11) is -3.60. The predicted octanol–water partition coefficient (Wildman–Crippen LogP) is 1.66. The molecule has 2 aromatic heterocycles. The molecule has 2 aromatic rings. The number of nitrogens with two attached hydrogens (primary N) is 1. The highest BCUT2D eigenvalue weighted by molar-refractivity contribution is 7.92. The second-order valence-corrected chi connectivity index (χ2v) is 7.97. The Balaban J connectivity index is 2.19. The van der Waals surface area contributed by atoms with E-state index in [-0.39, 0.29) is 5.75 Å². The minimum atomic E-state index is -3.60. The van der Waals surface area contributed by atoms with Crippen molar-refractivity contribution in [3.8, 4) is 10.6 Å². The number of amides is 1. The average molecular weight is 316 g/mol. The summed E-state index contributed by atoms with van der Waals surface area (Å²) >= 11 is 2.94. The summed E-state index contributed by atoms with van der Waals surface area (Å²) in [5.74, 6) is -1.11. The van der Waals surface area contributed by atoms with Gasteiger partial charge in [-0.1, -0.05) is 0 Å². The number of sulfone groups is 1. The van der Waals surface area contributed by atoms with Crippen LogP contribution in [-0.4, -0.2) is 24.6 Å². The molecule has 0 aliphatic rings. The van der Waals surface area contributed by atoms with E-state index < -0.39 is 21.0 Å². The van der Waals surface area contributed by atoms with Gasteiger partial charge in [-0.25, -0.2) is 13.4 Å². The van der Waals surface area contributed by atoms with Crippen LogP contribution in [-0.2, 0) is 20.4 Å². The molecule has 1 unspecified atom stereocenters. The van der Waals surface area contributed by atoms with Gasteiger partial charge in [-0.2, -0.15) is 11.3 Å². The fourth-order valence-corrected chi connectivity index (χ4v) is 4.20. The largest absolute Gasteiger partial charge is 0.369 e. The summed E-state index contributed by atoms with van der Waals surface area (Å²) in [4.78, 5) is 15.2. The normalized spacial score (nSPS) is 13.3. The molecule has 0 spiro atoms. The van der Waals surface area contributed by atoms with Crippen molar-refractivity contribution in [3.63, 3.8) is 0 Å². The quantitative estimate of drug-likeness (QED) is 0.908. The summed E-state index contributed by atoms with van der Waals surface area (Å²) in [6, 6.07) is 1.92. The third-order valence-corrected chi connectivity index (χ3v) is 6.24. The summed E-state index contributed by atoms with van der Waals surface area (Å²) in [5, 5.41) is 5.15. The molecule has 0 aromatic carbocycles. The minimum absolute atomic E-state index is 0.266. The van der Waals surface area contributed by atoms with Crippen LogP contribution in [0.25, 0.3) is 10.6 Å². The molecule has 19 heavy (non-hydrogen) atoms. The zero-order valence-electron chi connectivity index (χ0n) is 10.1. The van der Waals surface area contributed by atoms with Crippen molar-refractivity contribution in [2.45, 2.75) is 17.9 Å². The topological polar surface area (TPSA) is 90.1 Å². The van der Waals surface area contributed by atoms with E-state index in [0.29, 0.717) is 5.69 Å². The molecule has 0 saturated heterocycles. The molecule has 2 rings (SSSR count). The van der Waals surface area contributed by atoms with Gasteiger partial charge >= 0.3 is 0 Å². The van der Waals surface area contributed by atoms with Crippen LogP contribution in [0.15, 0.2) is 22.2 Å². The van der Waals surface area contributed by atoms with Crippen molar-refractivity contribution >= 4 is 38.4 Å². The number of hydrogen-bond donors (Lipinski definition) is 1. The molecule has 0 saturated carbocycles.